The van der Waals surface area contributed by atoms with E-state index in [0.717, 1.165) is 0 Å². The standard InChI is InChI=1S/C17H19FN2O4/c1-10-12-8-11(18)2-3-13(12)24-14(10)15(21)20-9-17(16(19)22)4-6-23-7-5-17/h2-3,8H,4-7,9H2,1H3,(H2,19,22)(H,20,21). The molecule has 0 atom stereocenters. The highest BCUT2D eigenvalue weighted by Gasteiger charge is 2.39. The Morgan fingerprint density at radius 1 is 1.33 bits per heavy atom. The average molecular weight is 334 g/mol. The molecule has 0 bridgehead atoms. The number of halogens is 1. The van der Waals surface area contributed by atoms with Crippen LogP contribution >= 0.6 is 0 Å². The highest BCUT2D eigenvalue weighted by atomic mass is 19.1. The van der Waals surface area contributed by atoms with Gasteiger partial charge < -0.3 is 20.2 Å². The zero-order valence-corrected chi connectivity index (χ0v) is 13.4. The molecule has 0 aliphatic carbocycles. The summed E-state index contributed by atoms with van der Waals surface area (Å²) >= 11 is 0. The average Bonchev–Trinajstić information content (AvgIpc) is 2.90. The molecule has 1 fully saturated rings. The Labute approximate surface area is 138 Å². The normalized spacial score (nSPS) is 16.9. The van der Waals surface area contributed by atoms with Crippen LogP contribution in [0.2, 0.25) is 0 Å². The maximum atomic E-state index is 13.4. The number of carbonyl (C=O) groups is 2. The van der Waals surface area contributed by atoms with Crippen molar-refractivity contribution in [1.82, 2.24) is 5.32 Å². The second-order valence-electron chi connectivity index (χ2n) is 6.14. The van der Waals surface area contributed by atoms with Crippen molar-refractivity contribution in [2.24, 2.45) is 11.1 Å². The summed E-state index contributed by atoms with van der Waals surface area (Å²) < 4.78 is 24.1. The van der Waals surface area contributed by atoms with E-state index >= 15 is 0 Å². The van der Waals surface area contributed by atoms with Crippen LogP contribution in [-0.2, 0) is 9.53 Å². The second-order valence-corrected chi connectivity index (χ2v) is 6.14. The molecule has 3 rings (SSSR count). The molecule has 1 aromatic carbocycles. The van der Waals surface area contributed by atoms with Gasteiger partial charge in [0, 0.05) is 30.7 Å². The number of benzene rings is 1. The van der Waals surface area contributed by atoms with Crippen molar-refractivity contribution >= 4 is 22.8 Å². The first-order chi connectivity index (χ1) is 11.4. The van der Waals surface area contributed by atoms with Crippen LogP contribution in [0.1, 0.15) is 29.0 Å². The van der Waals surface area contributed by atoms with Crippen molar-refractivity contribution < 1.29 is 23.1 Å². The van der Waals surface area contributed by atoms with Gasteiger partial charge in [-0.2, -0.15) is 0 Å². The lowest BCUT2D eigenvalue weighted by Crippen LogP contribution is -2.49. The van der Waals surface area contributed by atoms with E-state index in [0.29, 0.717) is 42.6 Å². The van der Waals surface area contributed by atoms with Gasteiger partial charge in [-0.3, -0.25) is 9.59 Å². The Kier molecular flexibility index (Phi) is 4.28. The van der Waals surface area contributed by atoms with Gasteiger partial charge in [0.2, 0.25) is 5.91 Å². The van der Waals surface area contributed by atoms with Crippen LogP contribution in [0.15, 0.2) is 22.6 Å². The molecule has 1 aromatic heterocycles. The predicted octanol–water partition coefficient (Wildman–Crippen LogP) is 1.89. The molecule has 1 aliphatic heterocycles. The molecule has 7 heteroatoms. The molecule has 128 valence electrons. The number of nitrogens with two attached hydrogens (primary N) is 1. The fraction of sp³-hybridized carbons (Fsp3) is 0.412. The summed E-state index contributed by atoms with van der Waals surface area (Å²) in [5.41, 5.74) is 5.72. The van der Waals surface area contributed by atoms with E-state index in [2.05, 4.69) is 5.32 Å². The zero-order chi connectivity index (χ0) is 17.3. The quantitative estimate of drug-likeness (QED) is 0.893. The molecule has 2 amide bonds. The number of furan rings is 1. The molecule has 24 heavy (non-hydrogen) atoms. The first-order valence-corrected chi connectivity index (χ1v) is 7.77. The van der Waals surface area contributed by atoms with Gasteiger partial charge in [-0.25, -0.2) is 4.39 Å². The van der Waals surface area contributed by atoms with Crippen LogP contribution in [0, 0.1) is 18.2 Å². The summed E-state index contributed by atoms with van der Waals surface area (Å²) in [5, 5.41) is 3.28. The molecule has 3 N–H and O–H groups in total. The van der Waals surface area contributed by atoms with E-state index in [1.54, 1.807) is 6.92 Å². The number of rotatable bonds is 4. The number of nitrogens with one attached hydrogen (secondary N) is 1. The molecular weight excluding hydrogens is 315 g/mol. The minimum atomic E-state index is -0.806. The molecule has 2 heterocycles. The second kappa shape index (κ2) is 6.24. The Hall–Kier alpha value is -2.41. The van der Waals surface area contributed by atoms with Crippen molar-refractivity contribution in [3.8, 4) is 0 Å². The molecule has 0 unspecified atom stereocenters. The minimum Gasteiger partial charge on any atom is -0.451 e. The number of ether oxygens (including phenoxy) is 1. The van der Waals surface area contributed by atoms with Crippen LogP contribution in [0.3, 0.4) is 0 Å². The molecule has 6 nitrogen and oxygen atoms in total. The van der Waals surface area contributed by atoms with E-state index in [1.807, 2.05) is 0 Å². The van der Waals surface area contributed by atoms with E-state index in [9.17, 15) is 14.0 Å². The third-order valence-electron chi connectivity index (χ3n) is 4.66. The summed E-state index contributed by atoms with van der Waals surface area (Å²) in [4.78, 5) is 24.3. The number of amides is 2. The minimum absolute atomic E-state index is 0.113. The maximum Gasteiger partial charge on any atom is 0.287 e. The first-order valence-electron chi connectivity index (χ1n) is 7.77. The van der Waals surface area contributed by atoms with Gasteiger partial charge in [0.25, 0.3) is 5.91 Å². The van der Waals surface area contributed by atoms with Gasteiger partial charge in [0.1, 0.15) is 11.4 Å². The number of carbonyl (C=O) groups excluding carboxylic acids is 2. The number of hydrogen-bond donors (Lipinski definition) is 2. The summed E-state index contributed by atoms with van der Waals surface area (Å²) in [6.07, 6.45) is 0.930. The molecule has 1 aliphatic rings. The van der Waals surface area contributed by atoms with Crippen LogP contribution in [0.25, 0.3) is 11.0 Å². The van der Waals surface area contributed by atoms with Gasteiger partial charge in [0.15, 0.2) is 5.76 Å². The highest BCUT2D eigenvalue weighted by molar-refractivity contribution is 5.99. The van der Waals surface area contributed by atoms with E-state index in [-0.39, 0.29) is 12.3 Å². The molecular formula is C17H19FN2O4. The van der Waals surface area contributed by atoms with Crippen molar-refractivity contribution in [2.75, 3.05) is 19.8 Å². The fourth-order valence-corrected chi connectivity index (χ4v) is 3.01. The summed E-state index contributed by atoms with van der Waals surface area (Å²) in [6, 6.07) is 4.09. The van der Waals surface area contributed by atoms with E-state index < -0.39 is 23.0 Å². The third kappa shape index (κ3) is 2.87. The molecule has 2 aromatic rings. The zero-order valence-electron chi connectivity index (χ0n) is 13.4. The van der Waals surface area contributed by atoms with Gasteiger partial charge in [0.05, 0.1) is 5.41 Å². The van der Waals surface area contributed by atoms with Crippen molar-refractivity contribution in [3.05, 3.63) is 35.3 Å². The topological polar surface area (TPSA) is 94.6 Å². The van der Waals surface area contributed by atoms with Crippen LogP contribution in [0.5, 0.6) is 0 Å². The SMILES string of the molecule is Cc1c(C(=O)NCC2(C(N)=O)CCOCC2)oc2ccc(F)cc12. The van der Waals surface area contributed by atoms with Gasteiger partial charge in [-0.05, 0) is 38.0 Å². The Balaban J connectivity index is 1.80. The maximum absolute atomic E-state index is 13.4. The monoisotopic (exact) mass is 334 g/mol. The molecule has 0 spiro atoms. The van der Waals surface area contributed by atoms with Crippen molar-refractivity contribution in [2.45, 2.75) is 19.8 Å². The first kappa shape index (κ1) is 16.4. The lowest BCUT2D eigenvalue weighted by molar-refractivity contribution is -0.132. The summed E-state index contributed by atoms with van der Waals surface area (Å²) in [5.74, 6) is -1.18. The van der Waals surface area contributed by atoms with Gasteiger partial charge in [-0.1, -0.05) is 0 Å². The van der Waals surface area contributed by atoms with Crippen molar-refractivity contribution in [3.63, 3.8) is 0 Å². The Morgan fingerprint density at radius 3 is 2.71 bits per heavy atom. The van der Waals surface area contributed by atoms with Crippen LogP contribution in [-0.4, -0.2) is 31.6 Å². The summed E-state index contributed by atoms with van der Waals surface area (Å²) in [6.45, 7) is 2.68. The predicted molar refractivity (Wildman–Crippen MR) is 84.9 cm³/mol. The third-order valence-corrected chi connectivity index (χ3v) is 4.66. The van der Waals surface area contributed by atoms with Crippen LogP contribution < -0.4 is 11.1 Å². The number of hydrogen-bond acceptors (Lipinski definition) is 4. The fourth-order valence-electron chi connectivity index (χ4n) is 3.01. The Bertz CT molecular complexity index is 793. The number of aryl methyl sites for hydroxylation is 1. The number of fused-ring (bicyclic) bond motifs is 1. The van der Waals surface area contributed by atoms with E-state index in [1.165, 1.54) is 18.2 Å². The number of primary amides is 1. The lowest BCUT2D eigenvalue weighted by atomic mass is 9.79. The molecule has 0 radical (unpaired) electrons. The Morgan fingerprint density at radius 2 is 2.04 bits per heavy atom. The van der Waals surface area contributed by atoms with Crippen LogP contribution in [0.4, 0.5) is 4.39 Å². The molecule has 1 saturated heterocycles. The largest absolute Gasteiger partial charge is 0.451 e. The van der Waals surface area contributed by atoms with Crippen molar-refractivity contribution in [1.29, 1.82) is 0 Å². The highest BCUT2D eigenvalue weighted by Crippen LogP contribution is 2.30. The summed E-state index contributed by atoms with van der Waals surface area (Å²) in [7, 11) is 0. The molecule has 0 saturated carbocycles. The van der Waals surface area contributed by atoms with Gasteiger partial charge in [-0.15, -0.1) is 0 Å². The smallest absolute Gasteiger partial charge is 0.287 e. The van der Waals surface area contributed by atoms with Gasteiger partial charge >= 0.3 is 0 Å². The van der Waals surface area contributed by atoms with E-state index in [4.69, 9.17) is 14.9 Å². The lowest BCUT2D eigenvalue weighted by Gasteiger charge is -2.34.